The molecule has 120 valence electrons. The molecule has 0 fully saturated rings. The third-order valence-electron chi connectivity index (χ3n) is 2.81. The van der Waals surface area contributed by atoms with Crippen LogP contribution in [0.1, 0.15) is 29.4 Å². The van der Waals surface area contributed by atoms with Crippen molar-refractivity contribution >= 4 is 46.3 Å². The summed E-state index contributed by atoms with van der Waals surface area (Å²) in [7, 11) is 0. The fourth-order valence-electron chi connectivity index (χ4n) is 1.79. The molecular weight excluding hydrogens is 338 g/mol. The molecule has 0 spiro atoms. The van der Waals surface area contributed by atoms with Gasteiger partial charge < -0.3 is 10.1 Å². The largest absolute Gasteiger partial charge is 0.427 e. The van der Waals surface area contributed by atoms with Gasteiger partial charge in [-0.15, -0.1) is 11.3 Å². The molecule has 1 N–H and O–H groups in total. The van der Waals surface area contributed by atoms with Crippen LogP contribution in [0, 0.1) is 0 Å². The summed E-state index contributed by atoms with van der Waals surface area (Å²) in [6.07, 6.45) is 0.0570. The van der Waals surface area contributed by atoms with Crippen molar-refractivity contribution in [3.8, 4) is 5.75 Å². The summed E-state index contributed by atoms with van der Waals surface area (Å²) in [5.41, 5.74) is 0.613. The normalized spacial score (nSPS) is 10.2. The minimum absolute atomic E-state index is 0.0121. The Kier molecular flexibility index (Phi) is 5.90. The third-order valence-corrected chi connectivity index (χ3v) is 4.08. The molecule has 1 heterocycles. The number of thiophene rings is 1. The Morgan fingerprint density at radius 2 is 1.78 bits per heavy atom. The lowest BCUT2D eigenvalue weighted by Crippen LogP contribution is -2.10. The summed E-state index contributed by atoms with van der Waals surface area (Å²) >= 11 is 6.95. The van der Waals surface area contributed by atoms with E-state index in [1.807, 2.05) is 0 Å². The molecule has 23 heavy (non-hydrogen) atoms. The molecule has 1 aromatic carbocycles. The molecule has 0 radical (unpaired) electrons. The van der Waals surface area contributed by atoms with Crippen LogP contribution < -0.4 is 10.1 Å². The number of ether oxygens (including phenoxy) is 1. The van der Waals surface area contributed by atoms with Crippen molar-refractivity contribution < 1.29 is 19.1 Å². The van der Waals surface area contributed by atoms with Gasteiger partial charge in [0.2, 0.25) is 5.91 Å². The van der Waals surface area contributed by atoms with Crippen LogP contribution >= 0.6 is 22.9 Å². The number of carbonyl (C=O) groups is 3. The first-order valence-electron chi connectivity index (χ1n) is 6.81. The maximum absolute atomic E-state index is 11.9. The van der Waals surface area contributed by atoms with E-state index in [-0.39, 0.29) is 24.5 Å². The molecule has 7 heteroatoms. The van der Waals surface area contributed by atoms with E-state index in [1.165, 1.54) is 18.3 Å². The molecule has 0 atom stereocenters. The highest BCUT2D eigenvalue weighted by atomic mass is 35.5. The molecule has 1 aromatic heterocycles. The number of hydrogen-bond donors (Lipinski definition) is 1. The van der Waals surface area contributed by atoms with E-state index >= 15 is 0 Å². The number of rotatable bonds is 6. The first kappa shape index (κ1) is 17.2. The van der Waals surface area contributed by atoms with Crippen LogP contribution in [0.15, 0.2) is 36.4 Å². The van der Waals surface area contributed by atoms with Crippen molar-refractivity contribution in [1.82, 2.24) is 0 Å². The molecule has 2 rings (SSSR count). The number of anilines is 1. The van der Waals surface area contributed by atoms with Gasteiger partial charge in [-0.1, -0.05) is 11.6 Å². The Balaban J connectivity index is 1.82. The standard InChI is InChI=1S/C16H14ClNO4S/c1-10(19)18-11-2-4-12(5-3-11)22-16(21)9-6-13(20)14-7-8-15(17)23-14/h2-5,7-8H,6,9H2,1H3,(H,18,19). The second kappa shape index (κ2) is 7.89. The summed E-state index contributed by atoms with van der Waals surface area (Å²) in [4.78, 5) is 35.1. The van der Waals surface area contributed by atoms with Gasteiger partial charge in [0.05, 0.1) is 15.6 Å². The van der Waals surface area contributed by atoms with Crippen molar-refractivity contribution in [3.63, 3.8) is 0 Å². The number of hydrogen-bond acceptors (Lipinski definition) is 5. The van der Waals surface area contributed by atoms with E-state index in [0.29, 0.717) is 20.7 Å². The fourth-order valence-corrected chi connectivity index (χ4v) is 2.81. The lowest BCUT2D eigenvalue weighted by Gasteiger charge is -2.06. The highest BCUT2D eigenvalue weighted by Gasteiger charge is 2.13. The summed E-state index contributed by atoms with van der Waals surface area (Å²) in [6.45, 7) is 1.41. The van der Waals surface area contributed by atoms with E-state index in [0.717, 1.165) is 0 Å². The van der Waals surface area contributed by atoms with E-state index in [9.17, 15) is 14.4 Å². The first-order chi connectivity index (χ1) is 10.9. The van der Waals surface area contributed by atoms with E-state index < -0.39 is 5.97 Å². The zero-order valence-electron chi connectivity index (χ0n) is 12.3. The summed E-state index contributed by atoms with van der Waals surface area (Å²) in [5, 5.41) is 2.61. The van der Waals surface area contributed by atoms with Gasteiger partial charge in [0.15, 0.2) is 5.78 Å². The van der Waals surface area contributed by atoms with Gasteiger partial charge in [-0.25, -0.2) is 0 Å². The number of carbonyl (C=O) groups excluding carboxylic acids is 3. The minimum atomic E-state index is -0.492. The lowest BCUT2D eigenvalue weighted by molar-refractivity contribution is -0.134. The molecule has 0 saturated heterocycles. The molecule has 0 aliphatic heterocycles. The summed E-state index contributed by atoms with van der Waals surface area (Å²) in [5.74, 6) is -0.453. The Bertz CT molecular complexity index is 724. The van der Waals surface area contributed by atoms with Crippen LogP contribution in [0.3, 0.4) is 0 Å². The Hall–Kier alpha value is -2.18. The van der Waals surface area contributed by atoms with Gasteiger partial charge in [-0.05, 0) is 36.4 Å². The molecular formula is C16H14ClNO4S. The molecule has 5 nitrogen and oxygen atoms in total. The number of halogens is 1. The van der Waals surface area contributed by atoms with Crippen molar-refractivity contribution in [1.29, 1.82) is 0 Å². The van der Waals surface area contributed by atoms with E-state index in [4.69, 9.17) is 16.3 Å². The Morgan fingerprint density at radius 3 is 2.35 bits per heavy atom. The molecule has 0 saturated carbocycles. The number of Topliss-reactive ketones (excluding diaryl/α,β-unsaturated/α-hetero) is 1. The second-order valence-corrected chi connectivity index (χ2v) is 6.42. The van der Waals surface area contributed by atoms with Gasteiger partial charge in [0.1, 0.15) is 5.75 Å². The zero-order valence-corrected chi connectivity index (χ0v) is 13.9. The number of amides is 1. The van der Waals surface area contributed by atoms with Gasteiger partial charge in [0, 0.05) is 19.0 Å². The topological polar surface area (TPSA) is 72.5 Å². The van der Waals surface area contributed by atoms with Crippen molar-refractivity contribution in [2.24, 2.45) is 0 Å². The number of ketones is 1. The first-order valence-corrected chi connectivity index (χ1v) is 8.00. The maximum Gasteiger partial charge on any atom is 0.311 e. The maximum atomic E-state index is 11.9. The lowest BCUT2D eigenvalue weighted by atomic mass is 10.2. The molecule has 0 unspecified atom stereocenters. The van der Waals surface area contributed by atoms with Crippen molar-refractivity contribution in [2.75, 3.05) is 5.32 Å². The van der Waals surface area contributed by atoms with E-state index in [1.54, 1.807) is 36.4 Å². The van der Waals surface area contributed by atoms with Gasteiger partial charge in [0.25, 0.3) is 0 Å². The number of benzene rings is 1. The van der Waals surface area contributed by atoms with Gasteiger partial charge in [-0.3, -0.25) is 14.4 Å². The van der Waals surface area contributed by atoms with Gasteiger partial charge in [-0.2, -0.15) is 0 Å². The SMILES string of the molecule is CC(=O)Nc1ccc(OC(=O)CCC(=O)c2ccc(Cl)s2)cc1. The predicted octanol–water partition coefficient (Wildman–Crippen LogP) is 3.93. The summed E-state index contributed by atoms with van der Waals surface area (Å²) in [6, 6.07) is 9.69. The molecule has 0 bridgehead atoms. The average Bonchev–Trinajstić information content (AvgIpc) is 2.93. The highest BCUT2D eigenvalue weighted by molar-refractivity contribution is 7.18. The summed E-state index contributed by atoms with van der Waals surface area (Å²) < 4.78 is 5.68. The molecule has 2 aromatic rings. The number of esters is 1. The number of nitrogens with one attached hydrogen (secondary N) is 1. The minimum Gasteiger partial charge on any atom is -0.427 e. The fraction of sp³-hybridized carbons (Fsp3) is 0.188. The Morgan fingerprint density at radius 1 is 1.09 bits per heavy atom. The van der Waals surface area contributed by atoms with Crippen molar-refractivity contribution in [3.05, 3.63) is 45.6 Å². The Labute approximate surface area is 142 Å². The van der Waals surface area contributed by atoms with Crippen LogP contribution in [0.2, 0.25) is 4.34 Å². The highest BCUT2D eigenvalue weighted by Crippen LogP contribution is 2.23. The van der Waals surface area contributed by atoms with Crippen LogP contribution in [0.4, 0.5) is 5.69 Å². The molecule has 0 aliphatic rings. The monoisotopic (exact) mass is 351 g/mol. The van der Waals surface area contributed by atoms with Gasteiger partial charge >= 0.3 is 5.97 Å². The smallest absolute Gasteiger partial charge is 0.311 e. The zero-order chi connectivity index (χ0) is 16.8. The van der Waals surface area contributed by atoms with E-state index in [2.05, 4.69) is 5.32 Å². The van der Waals surface area contributed by atoms with Crippen LogP contribution in [0.5, 0.6) is 5.75 Å². The van der Waals surface area contributed by atoms with Crippen LogP contribution in [-0.4, -0.2) is 17.7 Å². The second-order valence-electron chi connectivity index (χ2n) is 4.71. The quantitative estimate of drug-likeness (QED) is 0.486. The predicted molar refractivity (Wildman–Crippen MR) is 89.3 cm³/mol. The van der Waals surface area contributed by atoms with Crippen LogP contribution in [0.25, 0.3) is 0 Å². The third kappa shape index (κ3) is 5.50. The average molecular weight is 352 g/mol. The van der Waals surface area contributed by atoms with Crippen LogP contribution in [-0.2, 0) is 9.59 Å². The molecule has 0 aliphatic carbocycles. The molecule has 1 amide bonds. The van der Waals surface area contributed by atoms with Crippen molar-refractivity contribution in [2.45, 2.75) is 19.8 Å².